The third kappa shape index (κ3) is 4.45. The van der Waals surface area contributed by atoms with Crippen molar-refractivity contribution >= 4 is 34.0 Å². The molecule has 0 bridgehead atoms. The Bertz CT molecular complexity index is 1180. The van der Waals surface area contributed by atoms with Gasteiger partial charge in [-0.2, -0.15) is 0 Å². The van der Waals surface area contributed by atoms with Crippen LogP contribution in [0.4, 0.5) is 5.69 Å². The summed E-state index contributed by atoms with van der Waals surface area (Å²) < 4.78 is 6.12. The average Bonchev–Trinajstić information content (AvgIpc) is 2.83. The van der Waals surface area contributed by atoms with E-state index in [1.807, 2.05) is 30.3 Å². The summed E-state index contributed by atoms with van der Waals surface area (Å²) in [6, 6.07) is 18.8. The Morgan fingerprint density at radius 3 is 2.73 bits per heavy atom. The first-order valence-corrected chi connectivity index (χ1v) is 12.1. The highest BCUT2D eigenvalue weighted by Gasteiger charge is 2.27. The number of carbonyl (C=O) groups is 1. The van der Waals surface area contributed by atoms with E-state index in [9.17, 15) is 4.79 Å². The van der Waals surface area contributed by atoms with Crippen LogP contribution in [0.5, 0.6) is 0 Å². The molecule has 2 aliphatic heterocycles. The maximum Gasteiger partial charge on any atom is 0.248 e. The number of hydrogen-bond donors (Lipinski definition) is 1. The number of fused-ring (bicyclic) bond motifs is 2. The van der Waals surface area contributed by atoms with E-state index in [1.165, 1.54) is 22.2 Å². The van der Waals surface area contributed by atoms with Gasteiger partial charge in [0.05, 0.1) is 12.7 Å². The molecule has 5 rings (SSSR count). The molecule has 0 aliphatic carbocycles. The molecule has 2 aliphatic rings. The zero-order valence-corrected chi connectivity index (χ0v) is 19.7. The lowest BCUT2D eigenvalue weighted by Gasteiger charge is -2.42. The van der Waals surface area contributed by atoms with Crippen LogP contribution in [0.2, 0.25) is 5.02 Å². The van der Waals surface area contributed by atoms with Crippen molar-refractivity contribution in [2.75, 3.05) is 37.7 Å². The van der Waals surface area contributed by atoms with Gasteiger partial charge in [0.2, 0.25) is 5.91 Å². The maximum atomic E-state index is 11.5. The Morgan fingerprint density at radius 2 is 1.94 bits per heavy atom. The average molecular weight is 464 g/mol. The molecule has 0 saturated carbocycles. The third-order valence-electron chi connectivity index (χ3n) is 7.10. The second kappa shape index (κ2) is 9.34. The normalized spacial score (nSPS) is 21.2. The van der Waals surface area contributed by atoms with E-state index >= 15 is 0 Å². The van der Waals surface area contributed by atoms with Crippen LogP contribution in [0.25, 0.3) is 10.8 Å². The molecule has 1 fully saturated rings. The maximum absolute atomic E-state index is 11.5. The second-order valence-corrected chi connectivity index (χ2v) is 9.53. The number of rotatable bonds is 5. The summed E-state index contributed by atoms with van der Waals surface area (Å²) in [4.78, 5) is 16.6. The van der Waals surface area contributed by atoms with E-state index in [0.29, 0.717) is 18.2 Å². The lowest BCUT2D eigenvalue weighted by atomic mass is 9.93. The molecule has 172 valence electrons. The third-order valence-corrected chi connectivity index (χ3v) is 7.43. The number of nitrogens with two attached hydrogens (primary N) is 1. The quantitative estimate of drug-likeness (QED) is 0.590. The number of halogens is 1. The Kier molecular flexibility index (Phi) is 6.28. The summed E-state index contributed by atoms with van der Waals surface area (Å²) >= 11 is 6.43. The topological polar surface area (TPSA) is 58.8 Å². The van der Waals surface area contributed by atoms with Crippen molar-refractivity contribution in [1.82, 2.24) is 4.90 Å². The van der Waals surface area contributed by atoms with E-state index in [0.717, 1.165) is 49.4 Å². The molecule has 2 atom stereocenters. The van der Waals surface area contributed by atoms with Crippen molar-refractivity contribution in [3.05, 3.63) is 76.3 Å². The Hall–Kier alpha value is -2.60. The summed E-state index contributed by atoms with van der Waals surface area (Å²) in [5.41, 5.74) is 9.68. The molecule has 6 heteroatoms. The van der Waals surface area contributed by atoms with Crippen molar-refractivity contribution < 1.29 is 9.53 Å². The van der Waals surface area contributed by atoms with Crippen LogP contribution < -0.4 is 10.6 Å². The van der Waals surface area contributed by atoms with Gasteiger partial charge in [-0.3, -0.25) is 9.69 Å². The SMILES string of the molecule is C[C@@H]1CN(c2ccc(Cl)c3ccccc23)CCN1CC[C@@H]1OCCc2cc(C(N)=O)ccc21. The number of carbonyl (C=O) groups excluding carboxylic acids is 1. The number of hydrogen-bond acceptors (Lipinski definition) is 4. The van der Waals surface area contributed by atoms with Gasteiger partial charge >= 0.3 is 0 Å². The smallest absolute Gasteiger partial charge is 0.248 e. The molecule has 0 spiro atoms. The van der Waals surface area contributed by atoms with Crippen LogP contribution in [-0.2, 0) is 11.2 Å². The van der Waals surface area contributed by atoms with Gasteiger partial charge in [0.15, 0.2) is 0 Å². The zero-order valence-electron chi connectivity index (χ0n) is 19.0. The first-order chi connectivity index (χ1) is 16.0. The van der Waals surface area contributed by atoms with Crippen LogP contribution in [0.3, 0.4) is 0 Å². The van der Waals surface area contributed by atoms with Crippen LogP contribution in [0.15, 0.2) is 54.6 Å². The standard InChI is InChI=1S/C27H30ClN3O2/c1-18-17-31(25-9-8-24(28)22-4-2-3-5-23(22)25)14-13-30(18)12-10-26-21-7-6-20(27(29)32)16-19(21)11-15-33-26/h2-9,16,18,26H,10-15,17H2,1H3,(H2,29,32)/t18-,26+/m1/s1. The van der Waals surface area contributed by atoms with Gasteiger partial charge < -0.3 is 15.4 Å². The largest absolute Gasteiger partial charge is 0.373 e. The molecule has 0 aromatic heterocycles. The molecule has 0 unspecified atom stereocenters. The summed E-state index contributed by atoms with van der Waals surface area (Å²) in [5.74, 6) is -0.374. The number of amides is 1. The Morgan fingerprint density at radius 1 is 1.12 bits per heavy atom. The fourth-order valence-electron chi connectivity index (χ4n) is 5.28. The number of primary amides is 1. The van der Waals surface area contributed by atoms with Gasteiger partial charge in [-0.1, -0.05) is 41.9 Å². The van der Waals surface area contributed by atoms with Gasteiger partial charge in [0, 0.05) is 59.3 Å². The van der Waals surface area contributed by atoms with Gasteiger partial charge in [0.1, 0.15) is 0 Å². The molecule has 3 aromatic carbocycles. The number of benzene rings is 3. The van der Waals surface area contributed by atoms with Crippen LogP contribution >= 0.6 is 11.6 Å². The van der Waals surface area contributed by atoms with Crippen LogP contribution in [0, 0.1) is 0 Å². The monoisotopic (exact) mass is 463 g/mol. The van der Waals surface area contributed by atoms with E-state index in [2.05, 4.69) is 41.0 Å². The number of nitrogens with zero attached hydrogens (tertiary/aromatic N) is 2. The summed E-state index contributed by atoms with van der Waals surface area (Å²) in [5, 5.41) is 3.13. The van der Waals surface area contributed by atoms with Gasteiger partial charge in [-0.05, 0) is 55.2 Å². The number of ether oxygens (including phenoxy) is 1. The minimum atomic E-state index is -0.374. The molecule has 1 saturated heterocycles. The molecule has 2 heterocycles. The molecule has 5 nitrogen and oxygen atoms in total. The van der Waals surface area contributed by atoms with Crippen molar-refractivity contribution in [3.8, 4) is 0 Å². The predicted molar refractivity (Wildman–Crippen MR) is 134 cm³/mol. The van der Waals surface area contributed by atoms with Gasteiger partial charge in [-0.25, -0.2) is 0 Å². The Labute approximate surface area is 200 Å². The highest BCUT2D eigenvalue weighted by molar-refractivity contribution is 6.36. The fraction of sp³-hybridized carbons (Fsp3) is 0.370. The van der Waals surface area contributed by atoms with E-state index in [-0.39, 0.29) is 12.0 Å². The first-order valence-electron chi connectivity index (χ1n) is 11.7. The van der Waals surface area contributed by atoms with Crippen molar-refractivity contribution in [2.24, 2.45) is 5.73 Å². The molecular formula is C27H30ClN3O2. The molecule has 2 N–H and O–H groups in total. The molecule has 3 aromatic rings. The minimum Gasteiger partial charge on any atom is -0.373 e. The van der Waals surface area contributed by atoms with Crippen LogP contribution in [0.1, 0.15) is 40.9 Å². The van der Waals surface area contributed by atoms with E-state index in [1.54, 1.807) is 0 Å². The minimum absolute atomic E-state index is 0.0705. The molecule has 33 heavy (non-hydrogen) atoms. The lowest BCUT2D eigenvalue weighted by Crippen LogP contribution is -2.52. The summed E-state index contributed by atoms with van der Waals surface area (Å²) in [6.45, 7) is 6.96. The number of piperazine rings is 1. The highest BCUT2D eigenvalue weighted by atomic mass is 35.5. The zero-order chi connectivity index (χ0) is 22.9. The van der Waals surface area contributed by atoms with Crippen molar-refractivity contribution in [2.45, 2.75) is 31.9 Å². The number of anilines is 1. The first kappa shape index (κ1) is 22.2. The molecule has 1 amide bonds. The predicted octanol–water partition coefficient (Wildman–Crippen LogP) is 4.81. The molecular weight excluding hydrogens is 434 g/mol. The Balaban J connectivity index is 1.25. The van der Waals surface area contributed by atoms with Crippen LogP contribution in [-0.4, -0.2) is 49.6 Å². The fourth-order valence-corrected chi connectivity index (χ4v) is 5.51. The van der Waals surface area contributed by atoms with E-state index < -0.39 is 0 Å². The van der Waals surface area contributed by atoms with Crippen molar-refractivity contribution in [1.29, 1.82) is 0 Å². The highest BCUT2D eigenvalue weighted by Crippen LogP contribution is 2.34. The van der Waals surface area contributed by atoms with Gasteiger partial charge in [0.25, 0.3) is 0 Å². The summed E-state index contributed by atoms with van der Waals surface area (Å²) in [6.07, 6.45) is 1.84. The second-order valence-electron chi connectivity index (χ2n) is 9.12. The van der Waals surface area contributed by atoms with Gasteiger partial charge in [-0.15, -0.1) is 0 Å². The van der Waals surface area contributed by atoms with Crippen molar-refractivity contribution in [3.63, 3.8) is 0 Å². The summed E-state index contributed by atoms with van der Waals surface area (Å²) in [7, 11) is 0. The molecule has 0 radical (unpaired) electrons. The van der Waals surface area contributed by atoms with E-state index in [4.69, 9.17) is 22.1 Å². The lowest BCUT2D eigenvalue weighted by molar-refractivity contribution is 0.0255.